The molecular formula is C48H37NS. The van der Waals surface area contributed by atoms with Crippen LogP contribution >= 0.6 is 11.3 Å². The van der Waals surface area contributed by atoms with Crippen LogP contribution in [-0.2, 0) is 10.8 Å². The lowest BCUT2D eigenvalue weighted by Gasteiger charge is -2.30. The summed E-state index contributed by atoms with van der Waals surface area (Å²) in [5.41, 5.74) is 16.8. The summed E-state index contributed by atoms with van der Waals surface area (Å²) >= 11 is 1.88. The van der Waals surface area contributed by atoms with Crippen LogP contribution in [-0.4, -0.2) is 0 Å². The number of hydrogen-bond acceptors (Lipinski definition) is 2. The van der Waals surface area contributed by atoms with Gasteiger partial charge in [-0.2, -0.15) is 0 Å². The Morgan fingerprint density at radius 2 is 1.02 bits per heavy atom. The van der Waals surface area contributed by atoms with Crippen molar-refractivity contribution in [3.63, 3.8) is 0 Å². The summed E-state index contributed by atoms with van der Waals surface area (Å²) in [6, 6.07) is 56.8. The molecule has 1 aromatic heterocycles. The largest absolute Gasteiger partial charge is 0.310 e. The average molecular weight is 660 g/mol. The Morgan fingerprint density at radius 3 is 1.84 bits per heavy atom. The first-order valence-corrected chi connectivity index (χ1v) is 18.4. The predicted octanol–water partition coefficient (Wildman–Crippen LogP) is 13.8. The third-order valence-corrected chi connectivity index (χ3v) is 12.6. The number of fused-ring (bicyclic) bond motifs is 9. The van der Waals surface area contributed by atoms with Crippen molar-refractivity contribution in [2.75, 3.05) is 4.90 Å². The van der Waals surface area contributed by atoms with Crippen molar-refractivity contribution in [2.45, 2.75) is 38.5 Å². The van der Waals surface area contributed by atoms with Gasteiger partial charge < -0.3 is 4.90 Å². The number of benzene rings is 7. The van der Waals surface area contributed by atoms with E-state index in [0.717, 1.165) is 5.69 Å². The van der Waals surface area contributed by atoms with Crippen molar-refractivity contribution in [3.8, 4) is 33.4 Å². The molecule has 0 saturated carbocycles. The van der Waals surface area contributed by atoms with E-state index in [1.54, 1.807) is 0 Å². The van der Waals surface area contributed by atoms with Crippen LogP contribution in [0.15, 0.2) is 152 Å². The highest BCUT2D eigenvalue weighted by Gasteiger charge is 2.39. The molecule has 2 aliphatic carbocycles. The molecule has 2 aliphatic rings. The first-order chi connectivity index (χ1) is 24.3. The second-order valence-corrected chi connectivity index (χ2v) is 16.0. The third-order valence-electron chi connectivity index (χ3n) is 11.5. The first-order valence-electron chi connectivity index (χ1n) is 17.6. The van der Waals surface area contributed by atoms with Crippen LogP contribution in [0.5, 0.6) is 0 Å². The molecule has 0 radical (unpaired) electrons. The fourth-order valence-corrected chi connectivity index (χ4v) is 10.0. The minimum Gasteiger partial charge on any atom is -0.310 e. The lowest BCUT2D eigenvalue weighted by molar-refractivity contribution is 0.660. The van der Waals surface area contributed by atoms with Gasteiger partial charge in [-0.25, -0.2) is 0 Å². The van der Waals surface area contributed by atoms with Crippen LogP contribution in [0, 0.1) is 0 Å². The molecule has 1 nitrogen and oxygen atoms in total. The minimum absolute atomic E-state index is 0.0383. The Kier molecular flexibility index (Phi) is 6.21. The van der Waals surface area contributed by atoms with Gasteiger partial charge in [0.1, 0.15) is 0 Å². The molecule has 0 atom stereocenters. The maximum Gasteiger partial charge on any atom is 0.0543 e. The summed E-state index contributed by atoms with van der Waals surface area (Å²) < 4.78 is 2.67. The number of thiophene rings is 1. The summed E-state index contributed by atoms with van der Waals surface area (Å²) in [5.74, 6) is 0. The molecule has 50 heavy (non-hydrogen) atoms. The molecule has 0 saturated heterocycles. The Balaban J connectivity index is 1.15. The molecule has 0 N–H and O–H groups in total. The van der Waals surface area contributed by atoms with E-state index < -0.39 is 0 Å². The number of anilines is 3. The van der Waals surface area contributed by atoms with Gasteiger partial charge in [0.2, 0.25) is 0 Å². The van der Waals surface area contributed by atoms with E-state index in [2.05, 4.69) is 184 Å². The molecule has 10 rings (SSSR count). The van der Waals surface area contributed by atoms with Crippen LogP contribution in [0.25, 0.3) is 53.6 Å². The molecular weight excluding hydrogens is 623 g/mol. The smallest absolute Gasteiger partial charge is 0.0543 e. The van der Waals surface area contributed by atoms with Gasteiger partial charge in [-0.15, -0.1) is 11.3 Å². The Morgan fingerprint density at radius 1 is 0.420 bits per heavy atom. The molecule has 240 valence electrons. The molecule has 1 heterocycles. The molecule has 2 heteroatoms. The number of rotatable bonds is 4. The molecule has 0 amide bonds. The lowest BCUT2D eigenvalue weighted by Crippen LogP contribution is -2.16. The van der Waals surface area contributed by atoms with E-state index in [0.29, 0.717) is 0 Å². The molecule has 0 aliphatic heterocycles. The zero-order chi connectivity index (χ0) is 33.8. The van der Waals surface area contributed by atoms with Gasteiger partial charge in [0, 0.05) is 47.9 Å². The second-order valence-electron chi connectivity index (χ2n) is 15.0. The highest BCUT2D eigenvalue weighted by atomic mass is 32.1. The van der Waals surface area contributed by atoms with Crippen LogP contribution in [0.1, 0.15) is 49.9 Å². The lowest BCUT2D eigenvalue weighted by atomic mass is 9.82. The second kappa shape index (κ2) is 10.5. The van der Waals surface area contributed by atoms with Gasteiger partial charge in [-0.1, -0.05) is 137 Å². The van der Waals surface area contributed by atoms with Gasteiger partial charge in [-0.3, -0.25) is 0 Å². The van der Waals surface area contributed by atoms with Gasteiger partial charge in [0.25, 0.3) is 0 Å². The van der Waals surface area contributed by atoms with Crippen LogP contribution in [0.3, 0.4) is 0 Å². The summed E-state index contributed by atoms with van der Waals surface area (Å²) in [5, 5.41) is 2.67. The zero-order valence-corrected chi connectivity index (χ0v) is 29.6. The molecule has 0 unspecified atom stereocenters. The van der Waals surface area contributed by atoms with Crippen molar-refractivity contribution in [2.24, 2.45) is 0 Å². The van der Waals surface area contributed by atoms with Gasteiger partial charge in [0.05, 0.1) is 5.69 Å². The Labute approximate surface area is 298 Å². The highest BCUT2D eigenvalue weighted by molar-refractivity contribution is 7.25. The Hall–Kier alpha value is -5.44. The number of hydrogen-bond donors (Lipinski definition) is 0. The number of nitrogens with zero attached hydrogens (tertiary/aromatic N) is 1. The van der Waals surface area contributed by atoms with E-state index in [9.17, 15) is 0 Å². The quantitative estimate of drug-likeness (QED) is 0.182. The van der Waals surface area contributed by atoms with E-state index in [1.165, 1.54) is 87.2 Å². The van der Waals surface area contributed by atoms with Gasteiger partial charge in [-0.05, 0) is 92.5 Å². The predicted molar refractivity (Wildman–Crippen MR) is 215 cm³/mol. The minimum atomic E-state index is -0.0798. The summed E-state index contributed by atoms with van der Waals surface area (Å²) in [7, 11) is 0. The zero-order valence-electron chi connectivity index (χ0n) is 28.8. The van der Waals surface area contributed by atoms with E-state index in [1.807, 2.05) is 11.3 Å². The standard InChI is InChI=1S/C48H37NS/c1-47(2)39-15-8-5-12-34(39)38-29-33(25-27-41(38)47)49(43-18-11-17-42-46(43)37-14-6-9-16-40(37)48(42,3)4)32-23-20-30(21-24-32)31-22-26-36-35-13-7-10-19-44(35)50-45(36)28-31/h5-29H,1-4H3. The third kappa shape index (κ3) is 4.12. The average Bonchev–Trinajstić information content (AvgIpc) is 3.72. The maximum atomic E-state index is 2.49. The fraction of sp³-hybridized carbons (Fsp3) is 0.125. The van der Waals surface area contributed by atoms with Crippen LogP contribution in [0.2, 0.25) is 0 Å². The van der Waals surface area contributed by atoms with Crippen molar-refractivity contribution in [1.82, 2.24) is 0 Å². The van der Waals surface area contributed by atoms with Crippen molar-refractivity contribution >= 4 is 48.6 Å². The van der Waals surface area contributed by atoms with Crippen LogP contribution < -0.4 is 4.90 Å². The maximum absolute atomic E-state index is 2.49. The summed E-state index contributed by atoms with van der Waals surface area (Å²) in [4.78, 5) is 2.49. The van der Waals surface area contributed by atoms with E-state index in [-0.39, 0.29) is 10.8 Å². The summed E-state index contributed by atoms with van der Waals surface area (Å²) in [6.07, 6.45) is 0. The van der Waals surface area contributed by atoms with Gasteiger partial charge >= 0.3 is 0 Å². The van der Waals surface area contributed by atoms with Crippen molar-refractivity contribution in [3.05, 3.63) is 174 Å². The highest BCUT2D eigenvalue weighted by Crippen LogP contribution is 2.55. The van der Waals surface area contributed by atoms with Gasteiger partial charge in [0.15, 0.2) is 0 Å². The van der Waals surface area contributed by atoms with E-state index >= 15 is 0 Å². The monoisotopic (exact) mass is 659 g/mol. The topological polar surface area (TPSA) is 3.24 Å². The SMILES string of the molecule is CC1(C)c2ccccc2-c2cc(N(c3ccc(-c4ccc5c(c4)sc4ccccc45)cc3)c3cccc4c3-c3ccccc3C4(C)C)ccc21. The fourth-order valence-electron chi connectivity index (χ4n) is 8.90. The Bertz CT molecular complexity index is 2650. The molecule has 0 bridgehead atoms. The van der Waals surface area contributed by atoms with Crippen LogP contribution in [0.4, 0.5) is 17.1 Å². The van der Waals surface area contributed by atoms with Crippen molar-refractivity contribution in [1.29, 1.82) is 0 Å². The first kappa shape index (κ1) is 29.5. The molecule has 8 aromatic rings. The molecule has 0 fully saturated rings. The summed E-state index contributed by atoms with van der Waals surface area (Å²) in [6.45, 7) is 9.44. The van der Waals surface area contributed by atoms with Crippen molar-refractivity contribution < 1.29 is 0 Å². The van der Waals surface area contributed by atoms with E-state index in [4.69, 9.17) is 0 Å². The molecule has 0 spiro atoms. The normalized spacial score (nSPS) is 14.7. The molecule has 7 aromatic carbocycles.